The minimum atomic E-state index is 0.0219. The fraction of sp³-hybridized carbons (Fsp3) is 0.438. The van der Waals surface area contributed by atoms with Crippen molar-refractivity contribution in [3.8, 4) is 17.2 Å². The molecule has 0 aliphatic heterocycles. The summed E-state index contributed by atoms with van der Waals surface area (Å²) in [5.41, 5.74) is 0.643. The zero-order chi connectivity index (χ0) is 15.2. The van der Waals surface area contributed by atoms with Crippen LogP contribution in [0.4, 0.5) is 5.69 Å². The van der Waals surface area contributed by atoms with Crippen molar-refractivity contribution in [2.75, 3.05) is 26.6 Å². The van der Waals surface area contributed by atoms with E-state index in [1.54, 1.807) is 33.5 Å². The zero-order valence-corrected chi connectivity index (χ0v) is 12.6. The van der Waals surface area contributed by atoms with Crippen LogP contribution in [0.3, 0.4) is 0 Å². The number of ether oxygens (including phenoxy) is 3. The van der Waals surface area contributed by atoms with Gasteiger partial charge in [0.05, 0.1) is 21.3 Å². The summed E-state index contributed by atoms with van der Waals surface area (Å²) >= 11 is 0. The number of anilines is 1. The molecule has 1 unspecified atom stereocenters. The van der Waals surface area contributed by atoms with Crippen LogP contribution < -0.4 is 19.5 Å². The van der Waals surface area contributed by atoms with Crippen molar-refractivity contribution in [3.63, 3.8) is 0 Å². The molecule has 1 aromatic carbocycles. The standard InChI is InChI=1S/C16H21NO4/c1-19-13-9-12(10-14(20-2)15(13)21-3)17-16(18)11-7-5-4-6-8-11/h4-5,9-11H,6-8H2,1-3H3,(H,17,18). The molecule has 0 fully saturated rings. The second-order valence-electron chi connectivity index (χ2n) is 4.88. The van der Waals surface area contributed by atoms with Crippen molar-refractivity contribution in [3.05, 3.63) is 24.3 Å². The topological polar surface area (TPSA) is 56.8 Å². The molecule has 1 N–H and O–H groups in total. The fourth-order valence-electron chi connectivity index (χ4n) is 2.43. The molecule has 0 aromatic heterocycles. The molecule has 5 heteroatoms. The molecule has 2 rings (SSSR count). The van der Waals surface area contributed by atoms with E-state index in [0.717, 1.165) is 19.3 Å². The number of hydrogen-bond donors (Lipinski definition) is 1. The highest BCUT2D eigenvalue weighted by atomic mass is 16.5. The number of carbonyl (C=O) groups is 1. The Balaban J connectivity index is 2.19. The smallest absolute Gasteiger partial charge is 0.227 e. The van der Waals surface area contributed by atoms with Crippen molar-refractivity contribution in [2.45, 2.75) is 19.3 Å². The maximum Gasteiger partial charge on any atom is 0.227 e. The summed E-state index contributed by atoms with van der Waals surface area (Å²) in [7, 11) is 4.65. The lowest BCUT2D eigenvalue weighted by atomic mass is 9.93. The largest absolute Gasteiger partial charge is 0.493 e. The first-order valence-electron chi connectivity index (χ1n) is 6.95. The van der Waals surface area contributed by atoms with Gasteiger partial charge in [-0.3, -0.25) is 4.79 Å². The van der Waals surface area contributed by atoms with Crippen LogP contribution >= 0.6 is 0 Å². The van der Waals surface area contributed by atoms with Gasteiger partial charge in [0.15, 0.2) is 11.5 Å². The van der Waals surface area contributed by atoms with Crippen molar-refractivity contribution in [1.29, 1.82) is 0 Å². The van der Waals surface area contributed by atoms with Crippen LogP contribution in [0.5, 0.6) is 17.2 Å². The van der Waals surface area contributed by atoms with E-state index in [0.29, 0.717) is 22.9 Å². The van der Waals surface area contributed by atoms with Crippen LogP contribution in [0.15, 0.2) is 24.3 Å². The van der Waals surface area contributed by atoms with Gasteiger partial charge >= 0.3 is 0 Å². The number of hydrogen-bond acceptors (Lipinski definition) is 4. The third-order valence-electron chi connectivity index (χ3n) is 3.57. The van der Waals surface area contributed by atoms with Crippen LogP contribution in [0, 0.1) is 5.92 Å². The van der Waals surface area contributed by atoms with Gasteiger partial charge in [0.1, 0.15) is 0 Å². The average Bonchev–Trinajstić information content (AvgIpc) is 2.54. The molecule has 0 saturated carbocycles. The van der Waals surface area contributed by atoms with Crippen LogP contribution in [0.1, 0.15) is 19.3 Å². The minimum absolute atomic E-state index is 0.0219. The van der Waals surface area contributed by atoms with Crippen molar-refractivity contribution < 1.29 is 19.0 Å². The van der Waals surface area contributed by atoms with E-state index in [4.69, 9.17) is 14.2 Å². The van der Waals surface area contributed by atoms with Crippen LogP contribution in [-0.2, 0) is 4.79 Å². The number of benzene rings is 1. The van der Waals surface area contributed by atoms with E-state index in [-0.39, 0.29) is 11.8 Å². The Hall–Kier alpha value is -2.17. The number of methoxy groups -OCH3 is 3. The van der Waals surface area contributed by atoms with Gasteiger partial charge in [-0.15, -0.1) is 0 Å². The summed E-state index contributed by atoms with van der Waals surface area (Å²) in [5, 5.41) is 2.92. The summed E-state index contributed by atoms with van der Waals surface area (Å²) < 4.78 is 15.8. The first-order chi connectivity index (χ1) is 10.2. The van der Waals surface area contributed by atoms with Crippen LogP contribution in [-0.4, -0.2) is 27.2 Å². The Kier molecular flexibility index (Phi) is 5.09. The highest BCUT2D eigenvalue weighted by Crippen LogP contribution is 2.40. The fourth-order valence-corrected chi connectivity index (χ4v) is 2.43. The minimum Gasteiger partial charge on any atom is -0.493 e. The number of nitrogens with one attached hydrogen (secondary N) is 1. The molecular formula is C16H21NO4. The lowest BCUT2D eigenvalue weighted by molar-refractivity contribution is -0.120. The number of carbonyl (C=O) groups excluding carboxylic acids is 1. The molecule has 21 heavy (non-hydrogen) atoms. The van der Waals surface area contributed by atoms with Crippen LogP contribution in [0.2, 0.25) is 0 Å². The van der Waals surface area contributed by atoms with E-state index >= 15 is 0 Å². The predicted octanol–water partition coefficient (Wildman–Crippen LogP) is 3.01. The lowest BCUT2D eigenvalue weighted by Crippen LogP contribution is -2.23. The highest BCUT2D eigenvalue weighted by molar-refractivity contribution is 5.93. The summed E-state index contributed by atoms with van der Waals surface area (Å²) in [6, 6.07) is 3.47. The Labute approximate surface area is 124 Å². The molecule has 1 atom stereocenters. The maximum absolute atomic E-state index is 12.3. The first kappa shape index (κ1) is 15.2. The third kappa shape index (κ3) is 3.48. The van der Waals surface area contributed by atoms with Gasteiger partial charge in [-0.2, -0.15) is 0 Å². The van der Waals surface area contributed by atoms with Gasteiger partial charge in [0.2, 0.25) is 11.7 Å². The molecule has 0 spiro atoms. The highest BCUT2D eigenvalue weighted by Gasteiger charge is 2.20. The van der Waals surface area contributed by atoms with Gasteiger partial charge in [0.25, 0.3) is 0 Å². The van der Waals surface area contributed by atoms with Gasteiger partial charge in [-0.1, -0.05) is 12.2 Å². The van der Waals surface area contributed by atoms with Crippen LogP contribution in [0.25, 0.3) is 0 Å². The van der Waals surface area contributed by atoms with Crippen molar-refractivity contribution >= 4 is 11.6 Å². The van der Waals surface area contributed by atoms with E-state index in [9.17, 15) is 4.79 Å². The van der Waals surface area contributed by atoms with E-state index in [1.807, 2.05) is 0 Å². The van der Waals surface area contributed by atoms with Gasteiger partial charge in [0, 0.05) is 23.7 Å². The van der Waals surface area contributed by atoms with Gasteiger partial charge in [-0.05, 0) is 19.3 Å². The molecule has 1 aliphatic rings. The summed E-state index contributed by atoms with van der Waals surface area (Å²) in [6.45, 7) is 0. The zero-order valence-electron chi connectivity index (χ0n) is 12.6. The molecule has 0 bridgehead atoms. The quantitative estimate of drug-likeness (QED) is 0.847. The predicted molar refractivity (Wildman–Crippen MR) is 81.2 cm³/mol. The number of amides is 1. The summed E-state index contributed by atoms with van der Waals surface area (Å²) in [4.78, 5) is 12.3. The second-order valence-corrected chi connectivity index (χ2v) is 4.88. The lowest BCUT2D eigenvalue weighted by Gasteiger charge is -2.19. The Morgan fingerprint density at radius 2 is 1.76 bits per heavy atom. The Bertz CT molecular complexity index is 514. The van der Waals surface area contributed by atoms with E-state index < -0.39 is 0 Å². The second kappa shape index (κ2) is 7.02. The third-order valence-corrected chi connectivity index (χ3v) is 3.57. The molecular weight excluding hydrogens is 270 g/mol. The normalized spacial score (nSPS) is 17.2. The van der Waals surface area contributed by atoms with Crippen molar-refractivity contribution in [2.24, 2.45) is 5.92 Å². The molecule has 1 aromatic rings. The SMILES string of the molecule is COc1cc(NC(=O)C2CC=CCC2)cc(OC)c1OC. The molecule has 1 aliphatic carbocycles. The maximum atomic E-state index is 12.3. The Morgan fingerprint density at radius 3 is 2.24 bits per heavy atom. The Morgan fingerprint density at radius 1 is 1.10 bits per heavy atom. The molecule has 114 valence electrons. The molecule has 0 saturated heterocycles. The van der Waals surface area contributed by atoms with Gasteiger partial charge in [-0.25, -0.2) is 0 Å². The van der Waals surface area contributed by atoms with Gasteiger partial charge < -0.3 is 19.5 Å². The number of allylic oxidation sites excluding steroid dienone is 2. The molecule has 0 radical (unpaired) electrons. The number of rotatable bonds is 5. The molecule has 5 nitrogen and oxygen atoms in total. The average molecular weight is 291 g/mol. The molecule has 0 heterocycles. The van der Waals surface area contributed by atoms with Crippen molar-refractivity contribution in [1.82, 2.24) is 0 Å². The first-order valence-corrected chi connectivity index (χ1v) is 6.95. The van der Waals surface area contributed by atoms with E-state index in [2.05, 4.69) is 17.5 Å². The monoisotopic (exact) mass is 291 g/mol. The summed E-state index contributed by atoms with van der Waals surface area (Å²) in [6.07, 6.45) is 6.79. The summed E-state index contributed by atoms with van der Waals surface area (Å²) in [5.74, 6) is 1.60. The molecule has 1 amide bonds. The van der Waals surface area contributed by atoms with E-state index in [1.165, 1.54) is 0 Å².